The second kappa shape index (κ2) is 6.12. The van der Waals surface area contributed by atoms with Crippen LogP contribution in [0.25, 0.3) is 21.3 Å². The summed E-state index contributed by atoms with van der Waals surface area (Å²) in [6.07, 6.45) is 4.42. The molecule has 25 heavy (non-hydrogen) atoms. The average molecular weight is 377 g/mol. The molecule has 3 aromatic rings. The Kier molecular flexibility index (Phi) is 4.05. The number of fused-ring (bicyclic) bond motifs is 1. The van der Waals surface area contributed by atoms with E-state index < -0.39 is 5.60 Å². The Hall–Kier alpha value is -1.90. The topological polar surface area (TPSA) is 67.2 Å². The minimum absolute atomic E-state index is 0.0396. The van der Waals surface area contributed by atoms with Crippen molar-refractivity contribution in [3.63, 3.8) is 0 Å². The van der Waals surface area contributed by atoms with E-state index >= 15 is 0 Å². The Morgan fingerprint density at radius 2 is 2.32 bits per heavy atom. The molecule has 2 N–H and O–H groups in total. The highest BCUT2D eigenvalue weighted by Gasteiger charge is 2.39. The van der Waals surface area contributed by atoms with Crippen molar-refractivity contribution in [2.24, 2.45) is 0 Å². The third kappa shape index (κ3) is 3.05. The van der Waals surface area contributed by atoms with E-state index in [0.29, 0.717) is 29.3 Å². The number of carbonyl (C=O) groups is 1. The number of rotatable bonds is 4. The van der Waals surface area contributed by atoms with Gasteiger partial charge in [-0.3, -0.25) is 13.8 Å². The monoisotopic (exact) mass is 377 g/mol. The van der Waals surface area contributed by atoms with Crippen LogP contribution in [0.15, 0.2) is 36.1 Å². The lowest BCUT2D eigenvalue weighted by Crippen LogP contribution is -2.53. The van der Waals surface area contributed by atoms with Crippen molar-refractivity contribution in [3.8, 4) is 10.4 Å². The molecule has 4 rings (SSSR count). The first-order valence-corrected chi connectivity index (χ1v) is 9.38. The fourth-order valence-corrected chi connectivity index (χ4v) is 4.28. The zero-order chi connectivity index (χ0) is 17.6. The number of carbonyl (C=O) groups excluding carboxylic acids is 1. The van der Waals surface area contributed by atoms with Gasteiger partial charge in [0.25, 0.3) is 5.91 Å². The molecule has 1 aliphatic carbocycles. The van der Waals surface area contributed by atoms with Crippen LogP contribution in [0.3, 0.4) is 0 Å². The van der Waals surface area contributed by atoms with Gasteiger partial charge in [-0.15, -0.1) is 15.2 Å². The number of hydrogen-bond donors (Lipinski definition) is 2. The Morgan fingerprint density at radius 1 is 1.52 bits per heavy atom. The molecule has 8 heteroatoms. The number of amides is 1. The van der Waals surface area contributed by atoms with E-state index in [1.165, 1.54) is 15.3 Å². The van der Waals surface area contributed by atoms with Gasteiger partial charge in [0.15, 0.2) is 12.3 Å². The van der Waals surface area contributed by atoms with E-state index in [0.717, 1.165) is 10.4 Å². The zero-order valence-electron chi connectivity index (χ0n) is 13.4. The maximum Gasteiger partial charge on any atom is 0.252 e. The number of nitrogens with one attached hydrogen (secondary N) is 1. The van der Waals surface area contributed by atoms with E-state index in [1.807, 2.05) is 12.1 Å². The first-order chi connectivity index (χ1) is 12.0. The molecule has 1 fully saturated rings. The quantitative estimate of drug-likeness (QED) is 0.726. The first-order valence-electron chi connectivity index (χ1n) is 7.83. The molecule has 0 saturated heterocycles. The fourth-order valence-electron chi connectivity index (χ4n) is 3.33. The number of hydrogen-bond acceptors (Lipinski definition) is 5. The molecule has 0 atom stereocenters. The highest BCUT2D eigenvalue weighted by molar-refractivity contribution is 7.92. The summed E-state index contributed by atoms with van der Waals surface area (Å²) in [5, 5.41) is 13.5. The summed E-state index contributed by atoms with van der Waals surface area (Å²) >= 11 is 1.57. The largest absolute Gasteiger partial charge is 0.390 e. The van der Waals surface area contributed by atoms with Gasteiger partial charge >= 0.3 is 0 Å². The smallest absolute Gasteiger partial charge is 0.252 e. The Morgan fingerprint density at radius 3 is 2.96 bits per heavy atom. The minimum atomic E-state index is -0.702. The van der Waals surface area contributed by atoms with Crippen LogP contribution < -0.4 is 5.32 Å². The molecule has 1 amide bonds. The summed E-state index contributed by atoms with van der Waals surface area (Å²) in [5.41, 5.74) is 2.99. The van der Waals surface area contributed by atoms with Gasteiger partial charge < -0.3 is 10.4 Å². The van der Waals surface area contributed by atoms with Gasteiger partial charge in [-0.05, 0) is 43.5 Å². The van der Waals surface area contributed by atoms with Crippen molar-refractivity contribution in [3.05, 3.63) is 41.7 Å². The van der Waals surface area contributed by atoms with Crippen LogP contribution in [0.4, 0.5) is 3.89 Å². The van der Waals surface area contributed by atoms with Crippen molar-refractivity contribution in [2.75, 3.05) is 0 Å². The predicted octanol–water partition coefficient (Wildman–Crippen LogP) is 3.79. The molecule has 0 radical (unpaired) electrons. The van der Waals surface area contributed by atoms with Gasteiger partial charge in [-0.1, -0.05) is 0 Å². The van der Waals surface area contributed by atoms with E-state index in [9.17, 15) is 13.8 Å². The molecular weight excluding hydrogens is 361 g/mol. The van der Waals surface area contributed by atoms with Crippen molar-refractivity contribution in [1.82, 2.24) is 14.3 Å². The van der Waals surface area contributed by atoms with Crippen LogP contribution in [0.2, 0.25) is 0 Å². The molecular formula is C17H16FN3O2S2. The van der Waals surface area contributed by atoms with Crippen LogP contribution in [-0.4, -0.2) is 31.6 Å². The van der Waals surface area contributed by atoms with Crippen LogP contribution >= 0.6 is 23.7 Å². The normalized spacial score (nSPS) is 22.8. The number of aliphatic hydroxyl groups is 1. The standard InChI is InChI=1S/C17H16FN3O2S2/c1-17(23)6-11(7-17)20-16(22)13-4-10(15-8-19-9-24-15)5-14-12(13)2-3-21(14)25-18/h2-5,8-9,11,23H,6-7H2,1H3,(H,20,22). The van der Waals surface area contributed by atoms with Gasteiger partial charge in [0.2, 0.25) is 0 Å². The molecule has 0 unspecified atom stereocenters. The summed E-state index contributed by atoms with van der Waals surface area (Å²) in [6.45, 7) is 1.76. The lowest BCUT2D eigenvalue weighted by molar-refractivity contribution is -0.0366. The number of nitrogens with zero attached hydrogens (tertiary/aromatic N) is 2. The fraction of sp³-hybridized carbons (Fsp3) is 0.294. The third-order valence-electron chi connectivity index (χ3n) is 4.52. The van der Waals surface area contributed by atoms with Crippen LogP contribution in [0, 0.1) is 0 Å². The Balaban J connectivity index is 1.74. The number of halogens is 1. The highest BCUT2D eigenvalue weighted by Crippen LogP contribution is 2.34. The Labute approximate surface area is 152 Å². The Bertz CT molecular complexity index is 929. The van der Waals surface area contributed by atoms with Gasteiger partial charge in [0.1, 0.15) is 0 Å². The second-order valence-corrected chi connectivity index (χ2v) is 8.03. The van der Waals surface area contributed by atoms with Crippen molar-refractivity contribution >= 4 is 40.5 Å². The van der Waals surface area contributed by atoms with Crippen molar-refractivity contribution < 1.29 is 13.8 Å². The molecule has 5 nitrogen and oxygen atoms in total. The summed E-state index contributed by atoms with van der Waals surface area (Å²) in [4.78, 5) is 17.8. The van der Waals surface area contributed by atoms with Gasteiger partial charge in [-0.25, -0.2) is 0 Å². The molecule has 0 spiro atoms. The van der Waals surface area contributed by atoms with Gasteiger partial charge in [-0.2, -0.15) is 0 Å². The molecule has 2 aromatic heterocycles. The van der Waals surface area contributed by atoms with E-state index in [4.69, 9.17) is 0 Å². The SMILES string of the molecule is CC1(O)CC(NC(=O)c2cc(-c3cncs3)cc3c2ccn3SF)C1. The maximum absolute atomic E-state index is 13.2. The van der Waals surface area contributed by atoms with Gasteiger partial charge in [0.05, 0.1) is 21.5 Å². The lowest BCUT2D eigenvalue weighted by atomic mass is 9.77. The molecule has 0 aliphatic heterocycles. The van der Waals surface area contributed by atoms with E-state index in [2.05, 4.69) is 10.3 Å². The van der Waals surface area contributed by atoms with Crippen LogP contribution in [0.1, 0.15) is 30.1 Å². The van der Waals surface area contributed by atoms with Crippen LogP contribution in [0.5, 0.6) is 0 Å². The molecule has 0 bridgehead atoms. The number of aromatic nitrogens is 2. The summed E-state index contributed by atoms with van der Waals surface area (Å²) < 4.78 is 14.6. The maximum atomic E-state index is 13.2. The molecule has 130 valence electrons. The predicted molar refractivity (Wildman–Crippen MR) is 98.3 cm³/mol. The lowest BCUT2D eigenvalue weighted by Gasteiger charge is -2.41. The average Bonchev–Trinajstić information content (AvgIpc) is 3.21. The third-order valence-corrected chi connectivity index (χ3v) is 5.80. The zero-order valence-corrected chi connectivity index (χ0v) is 15.0. The van der Waals surface area contributed by atoms with Gasteiger partial charge in [0, 0.05) is 29.4 Å². The summed E-state index contributed by atoms with van der Waals surface area (Å²) in [5.74, 6) is -0.210. The molecule has 1 aliphatic rings. The summed E-state index contributed by atoms with van der Waals surface area (Å²) in [7, 11) is 0. The minimum Gasteiger partial charge on any atom is -0.390 e. The molecule has 1 aromatic carbocycles. The van der Waals surface area contributed by atoms with Crippen molar-refractivity contribution in [1.29, 1.82) is 0 Å². The van der Waals surface area contributed by atoms with Crippen molar-refractivity contribution in [2.45, 2.75) is 31.4 Å². The first kappa shape index (κ1) is 16.6. The molecule has 2 heterocycles. The second-order valence-electron chi connectivity index (χ2n) is 6.61. The highest BCUT2D eigenvalue weighted by atomic mass is 32.2. The van der Waals surface area contributed by atoms with Crippen LogP contribution in [-0.2, 0) is 0 Å². The molecule has 1 saturated carbocycles. The van der Waals surface area contributed by atoms with E-state index in [1.54, 1.807) is 30.9 Å². The number of thiazole rings is 1. The summed E-state index contributed by atoms with van der Waals surface area (Å²) in [6, 6.07) is 5.38. The number of benzene rings is 1. The van der Waals surface area contributed by atoms with E-state index in [-0.39, 0.29) is 24.3 Å².